The molecule has 1 fully saturated rings. The first-order valence-electron chi connectivity index (χ1n) is 7.49. The second-order valence-corrected chi connectivity index (χ2v) is 5.62. The lowest BCUT2D eigenvalue weighted by Crippen LogP contribution is -2.44. The van der Waals surface area contributed by atoms with Gasteiger partial charge in [-0.2, -0.15) is 4.98 Å². The van der Waals surface area contributed by atoms with E-state index in [1.54, 1.807) is 12.1 Å². The Balaban J connectivity index is 1.64. The molecule has 24 heavy (non-hydrogen) atoms. The molecule has 0 radical (unpaired) electrons. The van der Waals surface area contributed by atoms with Gasteiger partial charge in [-0.15, -0.1) is 13.2 Å². The Morgan fingerprint density at radius 1 is 1.33 bits per heavy atom. The standard InChI is InChI=1S/C15H17F3N4O2/c1-22-7-6-19-9-12(22)14-20-13(24-21-14)8-10-2-4-11(5-3-10)23-15(16,17)18/h2-5,12,19H,6-9H2,1H3. The number of aromatic nitrogens is 2. The molecule has 130 valence electrons. The summed E-state index contributed by atoms with van der Waals surface area (Å²) in [5.41, 5.74) is 0.759. The summed E-state index contributed by atoms with van der Waals surface area (Å²) in [7, 11) is 2.00. The molecular weight excluding hydrogens is 325 g/mol. The van der Waals surface area contributed by atoms with Gasteiger partial charge in [-0.25, -0.2) is 0 Å². The molecule has 0 amide bonds. The van der Waals surface area contributed by atoms with Crippen molar-refractivity contribution in [2.24, 2.45) is 0 Å². The quantitative estimate of drug-likeness (QED) is 0.918. The van der Waals surface area contributed by atoms with Crippen molar-refractivity contribution < 1.29 is 22.4 Å². The fourth-order valence-electron chi connectivity index (χ4n) is 2.55. The number of alkyl halides is 3. The van der Waals surface area contributed by atoms with Crippen LogP contribution in [-0.4, -0.2) is 48.1 Å². The fourth-order valence-corrected chi connectivity index (χ4v) is 2.55. The van der Waals surface area contributed by atoms with Crippen molar-refractivity contribution in [3.63, 3.8) is 0 Å². The van der Waals surface area contributed by atoms with Crippen LogP contribution in [0.5, 0.6) is 5.75 Å². The van der Waals surface area contributed by atoms with Gasteiger partial charge < -0.3 is 14.6 Å². The van der Waals surface area contributed by atoms with Crippen molar-refractivity contribution in [3.8, 4) is 5.75 Å². The van der Waals surface area contributed by atoms with Crippen molar-refractivity contribution >= 4 is 0 Å². The third-order valence-corrected chi connectivity index (χ3v) is 3.81. The SMILES string of the molecule is CN1CCNCC1c1noc(Cc2ccc(OC(F)(F)F)cc2)n1. The normalized spacial score (nSPS) is 19.4. The Labute approximate surface area is 136 Å². The number of likely N-dealkylation sites (N-methyl/N-ethyl adjacent to an activating group) is 1. The van der Waals surface area contributed by atoms with Crippen LogP contribution < -0.4 is 10.1 Å². The van der Waals surface area contributed by atoms with Crippen LogP contribution in [-0.2, 0) is 6.42 Å². The van der Waals surface area contributed by atoms with Gasteiger partial charge in [0, 0.05) is 19.6 Å². The molecule has 1 atom stereocenters. The van der Waals surface area contributed by atoms with Gasteiger partial charge in [0.2, 0.25) is 5.89 Å². The molecule has 0 aliphatic carbocycles. The van der Waals surface area contributed by atoms with E-state index in [1.807, 2.05) is 7.05 Å². The number of benzene rings is 1. The molecule has 0 saturated carbocycles. The topological polar surface area (TPSA) is 63.4 Å². The molecule has 1 aliphatic rings. The molecule has 1 unspecified atom stereocenters. The van der Waals surface area contributed by atoms with Crippen LogP contribution in [0.15, 0.2) is 28.8 Å². The number of hydrogen-bond acceptors (Lipinski definition) is 6. The molecule has 2 aromatic rings. The zero-order valence-electron chi connectivity index (χ0n) is 13.0. The van der Waals surface area contributed by atoms with Crippen LogP contribution in [0.4, 0.5) is 13.2 Å². The average molecular weight is 342 g/mol. The third kappa shape index (κ3) is 4.24. The molecule has 3 rings (SSSR count). The lowest BCUT2D eigenvalue weighted by atomic mass is 10.1. The van der Waals surface area contributed by atoms with Gasteiger partial charge in [-0.05, 0) is 24.7 Å². The lowest BCUT2D eigenvalue weighted by molar-refractivity contribution is -0.274. The zero-order valence-corrected chi connectivity index (χ0v) is 13.0. The number of nitrogens with zero attached hydrogens (tertiary/aromatic N) is 3. The van der Waals surface area contributed by atoms with E-state index in [9.17, 15) is 13.2 Å². The van der Waals surface area contributed by atoms with Gasteiger partial charge in [0.25, 0.3) is 0 Å². The Morgan fingerprint density at radius 3 is 2.75 bits per heavy atom. The minimum absolute atomic E-state index is 0.0545. The molecule has 1 saturated heterocycles. The van der Waals surface area contributed by atoms with Crippen molar-refractivity contribution in [1.82, 2.24) is 20.4 Å². The van der Waals surface area contributed by atoms with Gasteiger partial charge in [-0.1, -0.05) is 17.3 Å². The maximum absolute atomic E-state index is 12.1. The van der Waals surface area contributed by atoms with E-state index >= 15 is 0 Å². The lowest BCUT2D eigenvalue weighted by Gasteiger charge is -2.30. The van der Waals surface area contributed by atoms with Crippen LogP contribution in [0.25, 0.3) is 0 Å². The van der Waals surface area contributed by atoms with Crippen LogP contribution in [0.2, 0.25) is 0 Å². The van der Waals surface area contributed by atoms with E-state index < -0.39 is 6.36 Å². The highest BCUT2D eigenvalue weighted by Gasteiger charge is 2.31. The van der Waals surface area contributed by atoms with E-state index in [4.69, 9.17) is 4.52 Å². The first-order chi connectivity index (χ1) is 11.4. The molecule has 0 spiro atoms. The molecule has 6 nitrogen and oxygen atoms in total. The highest BCUT2D eigenvalue weighted by molar-refractivity contribution is 5.28. The molecule has 2 heterocycles. The van der Waals surface area contributed by atoms with Crippen LogP contribution in [0.1, 0.15) is 23.3 Å². The molecule has 9 heteroatoms. The van der Waals surface area contributed by atoms with Gasteiger partial charge in [-0.3, -0.25) is 4.90 Å². The molecule has 1 aromatic heterocycles. The summed E-state index contributed by atoms with van der Waals surface area (Å²) in [5.74, 6) is 0.776. The minimum atomic E-state index is -4.69. The summed E-state index contributed by atoms with van der Waals surface area (Å²) in [6.45, 7) is 2.57. The van der Waals surface area contributed by atoms with E-state index in [2.05, 4.69) is 25.1 Å². The van der Waals surface area contributed by atoms with E-state index in [0.29, 0.717) is 18.1 Å². The predicted molar refractivity (Wildman–Crippen MR) is 78.5 cm³/mol. The minimum Gasteiger partial charge on any atom is -0.406 e. The maximum atomic E-state index is 12.1. The van der Waals surface area contributed by atoms with E-state index in [-0.39, 0.29) is 11.8 Å². The second kappa shape index (κ2) is 6.78. The summed E-state index contributed by atoms with van der Waals surface area (Å²) in [4.78, 5) is 6.54. The number of nitrogens with one attached hydrogen (secondary N) is 1. The van der Waals surface area contributed by atoms with Crippen molar-refractivity contribution in [1.29, 1.82) is 0 Å². The van der Waals surface area contributed by atoms with E-state index in [1.165, 1.54) is 12.1 Å². The predicted octanol–water partition coefficient (Wildman–Crippen LogP) is 2.14. The highest BCUT2D eigenvalue weighted by atomic mass is 19.4. The maximum Gasteiger partial charge on any atom is 0.573 e. The first kappa shape index (κ1) is 16.7. The van der Waals surface area contributed by atoms with Gasteiger partial charge >= 0.3 is 6.36 Å². The zero-order chi connectivity index (χ0) is 17.2. The summed E-state index contributed by atoms with van der Waals surface area (Å²) < 4.78 is 45.5. The fraction of sp³-hybridized carbons (Fsp3) is 0.467. The van der Waals surface area contributed by atoms with Crippen molar-refractivity contribution in [2.75, 3.05) is 26.7 Å². The van der Waals surface area contributed by atoms with Crippen LogP contribution in [0, 0.1) is 0 Å². The van der Waals surface area contributed by atoms with Crippen molar-refractivity contribution in [2.45, 2.75) is 18.8 Å². The smallest absolute Gasteiger partial charge is 0.406 e. The monoisotopic (exact) mass is 342 g/mol. The summed E-state index contributed by atoms with van der Waals surface area (Å²) in [6.07, 6.45) is -4.34. The number of rotatable bonds is 4. The van der Waals surface area contributed by atoms with Gasteiger partial charge in [0.1, 0.15) is 5.75 Å². The number of piperazine rings is 1. The Morgan fingerprint density at radius 2 is 2.08 bits per heavy atom. The molecule has 1 N–H and O–H groups in total. The summed E-state index contributed by atoms with van der Waals surface area (Å²) in [6, 6.07) is 5.66. The molecular formula is C15H17F3N4O2. The Bertz CT molecular complexity index is 672. The molecule has 0 bridgehead atoms. The Hall–Kier alpha value is -2.13. The van der Waals surface area contributed by atoms with Gasteiger partial charge in [0.15, 0.2) is 5.82 Å². The van der Waals surface area contributed by atoms with Crippen molar-refractivity contribution in [3.05, 3.63) is 41.5 Å². The van der Waals surface area contributed by atoms with Crippen LogP contribution in [0.3, 0.4) is 0 Å². The third-order valence-electron chi connectivity index (χ3n) is 3.81. The largest absolute Gasteiger partial charge is 0.573 e. The number of halogens is 3. The molecule has 1 aliphatic heterocycles. The van der Waals surface area contributed by atoms with Crippen LogP contribution >= 0.6 is 0 Å². The molecule has 1 aromatic carbocycles. The Kier molecular flexibility index (Phi) is 4.72. The van der Waals surface area contributed by atoms with E-state index in [0.717, 1.165) is 25.2 Å². The number of hydrogen-bond donors (Lipinski definition) is 1. The summed E-state index contributed by atoms with van der Waals surface area (Å²) >= 11 is 0. The number of ether oxygens (including phenoxy) is 1. The highest BCUT2D eigenvalue weighted by Crippen LogP contribution is 2.24. The first-order valence-corrected chi connectivity index (χ1v) is 7.49. The summed E-state index contributed by atoms with van der Waals surface area (Å²) in [5, 5.41) is 7.29. The second-order valence-electron chi connectivity index (χ2n) is 5.62. The average Bonchev–Trinajstić information content (AvgIpc) is 2.96. The van der Waals surface area contributed by atoms with Gasteiger partial charge in [0.05, 0.1) is 12.5 Å².